The van der Waals surface area contributed by atoms with Crippen LogP contribution in [0.3, 0.4) is 0 Å². The van der Waals surface area contributed by atoms with Crippen LogP contribution in [-0.4, -0.2) is 25.1 Å². The first-order valence-electron chi connectivity index (χ1n) is 8.57. The van der Waals surface area contributed by atoms with Crippen LogP contribution in [0.25, 0.3) is 10.9 Å². The van der Waals surface area contributed by atoms with Gasteiger partial charge >= 0.3 is 0 Å². The number of aliphatic hydroxyl groups excluding tert-OH is 1. The van der Waals surface area contributed by atoms with Gasteiger partial charge < -0.3 is 10.1 Å². The van der Waals surface area contributed by atoms with Crippen LogP contribution in [-0.2, 0) is 20.7 Å². The molecule has 2 aromatic carbocycles. The number of aromatic amines is 1. The summed E-state index contributed by atoms with van der Waals surface area (Å²) in [6, 6.07) is 12.0. The smallest absolute Gasteiger partial charge is 0.297 e. The van der Waals surface area contributed by atoms with Gasteiger partial charge in [-0.25, -0.2) is 0 Å². The molecule has 138 valence electrons. The number of aromatic nitrogens is 1. The van der Waals surface area contributed by atoms with Crippen LogP contribution < -0.4 is 0 Å². The van der Waals surface area contributed by atoms with Crippen molar-refractivity contribution in [1.82, 2.24) is 4.98 Å². The van der Waals surface area contributed by atoms with Crippen LogP contribution in [0.5, 0.6) is 0 Å². The second-order valence-electron chi connectivity index (χ2n) is 6.42. The zero-order chi connectivity index (χ0) is 18.9. The first kappa shape index (κ1) is 18.6. The van der Waals surface area contributed by atoms with E-state index in [1.807, 2.05) is 26.0 Å². The van der Waals surface area contributed by atoms with Gasteiger partial charge in [0.1, 0.15) is 6.10 Å². The maximum Gasteiger partial charge on any atom is 0.297 e. The van der Waals surface area contributed by atoms with Gasteiger partial charge in [0.05, 0.1) is 11.5 Å². The zero-order valence-corrected chi connectivity index (χ0v) is 15.9. The fourth-order valence-electron chi connectivity index (χ4n) is 3.15. The van der Waals surface area contributed by atoms with Crippen LogP contribution in [0.4, 0.5) is 0 Å². The third-order valence-electron chi connectivity index (χ3n) is 4.61. The molecule has 1 aromatic heterocycles. The standard InChI is InChI=1S/C20H23NO4S/c1-4-17-14(3)20-16(6-5-7-18(20)21-17)19(22)12-25-26(23,24)15-10-8-13(2)9-11-15/h5-11,19,21-22H,4,12H2,1-3H3. The van der Waals surface area contributed by atoms with Crippen molar-refractivity contribution in [2.45, 2.75) is 38.2 Å². The summed E-state index contributed by atoms with van der Waals surface area (Å²) in [5, 5.41) is 11.5. The molecule has 1 unspecified atom stereocenters. The fourth-order valence-corrected chi connectivity index (χ4v) is 4.06. The lowest BCUT2D eigenvalue weighted by atomic mass is 10.0. The predicted octanol–water partition coefficient (Wildman–Crippen LogP) is 3.79. The maximum atomic E-state index is 12.3. The van der Waals surface area contributed by atoms with E-state index in [0.29, 0.717) is 5.56 Å². The van der Waals surface area contributed by atoms with E-state index in [2.05, 4.69) is 11.9 Å². The Labute approximate surface area is 153 Å². The summed E-state index contributed by atoms with van der Waals surface area (Å²) < 4.78 is 29.7. The lowest BCUT2D eigenvalue weighted by molar-refractivity contribution is 0.112. The number of hydrogen-bond donors (Lipinski definition) is 2. The van der Waals surface area contributed by atoms with E-state index in [4.69, 9.17) is 4.18 Å². The van der Waals surface area contributed by atoms with Crippen molar-refractivity contribution in [2.24, 2.45) is 0 Å². The number of aliphatic hydroxyl groups is 1. The van der Waals surface area contributed by atoms with Gasteiger partial charge in [0.2, 0.25) is 0 Å². The number of rotatable bonds is 6. The summed E-state index contributed by atoms with van der Waals surface area (Å²) in [6.45, 7) is 5.61. The summed E-state index contributed by atoms with van der Waals surface area (Å²) in [5.74, 6) is 0. The second kappa shape index (κ2) is 7.23. The van der Waals surface area contributed by atoms with Crippen LogP contribution >= 0.6 is 0 Å². The highest BCUT2D eigenvalue weighted by Gasteiger charge is 2.21. The maximum absolute atomic E-state index is 12.3. The highest BCUT2D eigenvalue weighted by atomic mass is 32.2. The number of aryl methyl sites for hydroxylation is 3. The lowest BCUT2D eigenvalue weighted by Gasteiger charge is -2.14. The quantitative estimate of drug-likeness (QED) is 0.645. The van der Waals surface area contributed by atoms with Gasteiger partial charge in [0.15, 0.2) is 0 Å². The Morgan fingerprint density at radius 3 is 2.46 bits per heavy atom. The number of fused-ring (bicyclic) bond motifs is 1. The first-order chi connectivity index (χ1) is 12.3. The molecule has 1 heterocycles. The van der Waals surface area contributed by atoms with Gasteiger partial charge in [0.25, 0.3) is 10.1 Å². The largest absolute Gasteiger partial charge is 0.386 e. The van der Waals surface area contributed by atoms with Crippen molar-refractivity contribution in [3.8, 4) is 0 Å². The second-order valence-corrected chi connectivity index (χ2v) is 8.03. The zero-order valence-electron chi connectivity index (χ0n) is 15.1. The normalized spacial score (nSPS) is 13.2. The molecule has 0 radical (unpaired) electrons. The van der Waals surface area contributed by atoms with Crippen molar-refractivity contribution in [3.05, 3.63) is 64.8 Å². The molecule has 0 saturated carbocycles. The molecule has 0 saturated heterocycles. The van der Waals surface area contributed by atoms with Gasteiger partial charge in [0, 0.05) is 16.6 Å². The van der Waals surface area contributed by atoms with E-state index in [1.165, 1.54) is 12.1 Å². The summed E-state index contributed by atoms with van der Waals surface area (Å²) in [4.78, 5) is 3.43. The van der Waals surface area contributed by atoms with Gasteiger partial charge in [-0.05, 0) is 49.6 Å². The molecule has 0 spiro atoms. The Hall–Kier alpha value is -2.15. The van der Waals surface area contributed by atoms with Crippen molar-refractivity contribution in [1.29, 1.82) is 0 Å². The SMILES string of the molecule is CCc1[nH]c2cccc(C(O)COS(=O)(=O)c3ccc(C)cc3)c2c1C. The third kappa shape index (κ3) is 3.53. The number of nitrogens with one attached hydrogen (secondary N) is 1. The molecule has 1 atom stereocenters. The first-order valence-corrected chi connectivity index (χ1v) is 9.98. The average molecular weight is 373 g/mol. The third-order valence-corrected chi connectivity index (χ3v) is 5.91. The van der Waals surface area contributed by atoms with Crippen molar-refractivity contribution in [2.75, 3.05) is 6.61 Å². The van der Waals surface area contributed by atoms with Gasteiger partial charge in [-0.2, -0.15) is 8.42 Å². The van der Waals surface area contributed by atoms with E-state index >= 15 is 0 Å². The average Bonchev–Trinajstić information content (AvgIpc) is 2.96. The highest BCUT2D eigenvalue weighted by Crippen LogP contribution is 2.30. The van der Waals surface area contributed by atoms with Crippen LogP contribution in [0, 0.1) is 13.8 Å². The summed E-state index contributed by atoms with van der Waals surface area (Å²) in [6.07, 6.45) is -0.188. The fraction of sp³-hybridized carbons (Fsp3) is 0.300. The van der Waals surface area contributed by atoms with E-state index in [-0.39, 0.29) is 11.5 Å². The van der Waals surface area contributed by atoms with Gasteiger partial charge in [-0.1, -0.05) is 36.8 Å². The molecule has 0 fully saturated rings. The van der Waals surface area contributed by atoms with E-state index in [1.54, 1.807) is 18.2 Å². The van der Waals surface area contributed by atoms with E-state index in [0.717, 1.165) is 34.1 Å². The summed E-state index contributed by atoms with van der Waals surface area (Å²) >= 11 is 0. The highest BCUT2D eigenvalue weighted by molar-refractivity contribution is 7.86. The summed E-state index contributed by atoms with van der Waals surface area (Å²) in [7, 11) is -3.91. The van der Waals surface area contributed by atoms with Crippen LogP contribution in [0.1, 0.15) is 35.4 Å². The van der Waals surface area contributed by atoms with Crippen LogP contribution in [0.15, 0.2) is 47.4 Å². The monoisotopic (exact) mass is 373 g/mol. The minimum Gasteiger partial charge on any atom is -0.386 e. The van der Waals surface area contributed by atoms with E-state index in [9.17, 15) is 13.5 Å². The van der Waals surface area contributed by atoms with Crippen LogP contribution in [0.2, 0.25) is 0 Å². The molecule has 0 aliphatic heterocycles. The van der Waals surface area contributed by atoms with E-state index < -0.39 is 16.2 Å². The molecule has 26 heavy (non-hydrogen) atoms. The Balaban J connectivity index is 1.84. The number of benzene rings is 2. The minimum atomic E-state index is -3.91. The Bertz CT molecular complexity index is 1020. The Morgan fingerprint density at radius 2 is 1.81 bits per heavy atom. The molecule has 3 rings (SSSR count). The molecule has 2 N–H and O–H groups in total. The Kier molecular flexibility index (Phi) is 5.18. The topological polar surface area (TPSA) is 79.4 Å². The molecular formula is C20H23NO4S. The van der Waals surface area contributed by atoms with Gasteiger partial charge in [-0.15, -0.1) is 0 Å². The molecule has 3 aromatic rings. The Morgan fingerprint density at radius 1 is 1.12 bits per heavy atom. The molecule has 0 aliphatic rings. The molecule has 5 nitrogen and oxygen atoms in total. The minimum absolute atomic E-state index is 0.0830. The van der Waals surface area contributed by atoms with Crippen molar-refractivity contribution >= 4 is 21.0 Å². The molecular weight excluding hydrogens is 350 g/mol. The molecule has 0 bridgehead atoms. The number of H-pyrrole nitrogens is 1. The number of hydrogen-bond acceptors (Lipinski definition) is 4. The molecule has 0 amide bonds. The molecule has 0 aliphatic carbocycles. The van der Waals surface area contributed by atoms with Gasteiger partial charge in [-0.3, -0.25) is 4.18 Å². The molecule has 6 heteroatoms. The summed E-state index contributed by atoms with van der Waals surface area (Å²) in [5.41, 5.74) is 4.73. The predicted molar refractivity (Wildman–Crippen MR) is 102 cm³/mol. The lowest BCUT2D eigenvalue weighted by Crippen LogP contribution is -2.13. The van der Waals surface area contributed by atoms with Crippen molar-refractivity contribution < 1.29 is 17.7 Å². The van der Waals surface area contributed by atoms with Crippen molar-refractivity contribution in [3.63, 3.8) is 0 Å².